The number of aromatic nitrogens is 4. The average Bonchev–Trinajstić information content (AvgIpc) is 2.94. The topological polar surface area (TPSA) is 95.0 Å². The zero-order valence-electron chi connectivity index (χ0n) is 10.4. The molecule has 0 fully saturated rings. The molecule has 0 aliphatic carbocycles. The van der Waals surface area contributed by atoms with E-state index in [1.54, 1.807) is 23.9 Å². The summed E-state index contributed by atoms with van der Waals surface area (Å²) in [5.74, 6) is -2.67. The van der Waals surface area contributed by atoms with Crippen LogP contribution in [0.15, 0.2) is 42.9 Å². The Morgan fingerprint density at radius 2 is 1.90 bits per heavy atom. The lowest BCUT2D eigenvalue weighted by Crippen LogP contribution is -2.34. The lowest BCUT2D eigenvalue weighted by molar-refractivity contribution is -0.670. The fraction of sp³-hybridized carbons (Fsp3) is 0.0833. The van der Waals surface area contributed by atoms with Gasteiger partial charge in [-0.25, -0.2) is 19.4 Å². The van der Waals surface area contributed by atoms with Crippen LogP contribution in [0.1, 0.15) is 0 Å². The molecule has 1 aliphatic rings. The van der Waals surface area contributed by atoms with Crippen molar-refractivity contribution in [1.82, 2.24) is 14.5 Å². The van der Waals surface area contributed by atoms with Gasteiger partial charge in [0.25, 0.3) is 5.91 Å². The number of nitrogens with zero attached hydrogens (tertiary/aromatic N) is 5. The standard InChI is InChI=1S/C12H9N5O3/c1-15-5-6-16(7-15)8-9(18)11(20)17(10(8)19)12-13-3-2-4-14-12/h2-7H,1H3. The van der Waals surface area contributed by atoms with Gasteiger partial charge in [-0.15, -0.1) is 0 Å². The van der Waals surface area contributed by atoms with E-state index < -0.39 is 17.6 Å². The number of imidazole rings is 1. The molecule has 2 amide bonds. The summed E-state index contributed by atoms with van der Waals surface area (Å²) in [6, 6.07) is 1.55. The Labute approximate surface area is 113 Å². The Balaban J connectivity index is 2.06. The number of hydrogen-bond donors (Lipinski definition) is 0. The van der Waals surface area contributed by atoms with Crippen molar-refractivity contribution in [3.63, 3.8) is 0 Å². The summed E-state index contributed by atoms with van der Waals surface area (Å²) >= 11 is 0. The normalized spacial score (nSPS) is 15.3. The third-order valence-electron chi connectivity index (χ3n) is 2.80. The van der Waals surface area contributed by atoms with Gasteiger partial charge in [0.1, 0.15) is 12.4 Å². The molecule has 0 atom stereocenters. The number of hydrogen-bond acceptors (Lipinski definition) is 5. The zero-order valence-corrected chi connectivity index (χ0v) is 10.4. The van der Waals surface area contributed by atoms with Crippen molar-refractivity contribution in [2.45, 2.75) is 0 Å². The van der Waals surface area contributed by atoms with Crippen LogP contribution in [0.4, 0.5) is 5.95 Å². The molecule has 0 unspecified atom stereocenters. The highest BCUT2D eigenvalue weighted by atomic mass is 16.3. The van der Waals surface area contributed by atoms with Gasteiger partial charge in [-0.05, 0) is 6.07 Å². The molecule has 0 radical (unpaired) electrons. The summed E-state index contributed by atoms with van der Waals surface area (Å²) in [5, 5.41) is 12.0. The second-order valence-corrected chi connectivity index (χ2v) is 4.16. The highest BCUT2D eigenvalue weighted by molar-refractivity contribution is 6.41. The van der Waals surface area contributed by atoms with Crippen LogP contribution in [0.25, 0.3) is 5.70 Å². The van der Waals surface area contributed by atoms with E-state index in [-0.39, 0.29) is 11.6 Å². The van der Waals surface area contributed by atoms with Crippen molar-refractivity contribution in [2.75, 3.05) is 4.90 Å². The monoisotopic (exact) mass is 271 g/mol. The zero-order chi connectivity index (χ0) is 14.3. The maximum Gasteiger partial charge on any atom is 0.307 e. The van der Waals surface area contributed by atoms with Crippen molar-refractivity contribution in [3.8, 4) is 0 Å². The van der Waals surface area contributed by atoms with Gasteiger partial charge in [-0.3, -0.25) is 9.59 Å². The van der Waals surface area contributed by atoms with Crippen LogP contribution < -0.4 is 14.6 Å². The molecule has 0 saturated carbocycles. The molecule has 3 heterocycles. The van der Waals surface area contributed by atoms with E-state index in [9.17, 15) is 14.7 Å². The molecule has 0 spiro atoms. The van der Waals surface area contributed by atoms with Crippen LogP contribution in [-0.4, -0.2) is 26.3 Å². The van der Waals surface area contributed by atoms with Crippen molar-refractivity contribution in [3.05, 3.63) is 42.9 Å². The SMILES string of the molecule is C[n+]1ccn(C2=C([O-])C(=O)N(c3ncccn3)C2=O)c1. The molecule has 8 heteroatoms. The Morgan fingerprint density at radius 1 is 1.20 bits per heavy atom. The minimum absolute atomic E-state index is 0.109. The van der Waals surface area contributed by atoms with E-state index in [1.165, 1.54) is 29.5 Å². The Bertz CT molecular complexity index is 735. The number of carbonyl (C=O) groups is 2. The quantitative estimate of drug-likeness (QED) is 0.474. The second kappa shape index (κ2) is 4.26. The molecular formula is C12H9N5O3. The van der Waals surface area contributed by atoms with Crippen molar-refractivity contribution < 1.29 is 19.3 Å². The maximum atomic E-state index is 12.3. The number of anilines is 1. The van der Waals surface area contributed by atoms with E-state index in [1.807, 2.05) is 0 Å². The summed E-state index contributed by atoms with van der Waals surface area (Å²) in [6.07, 6.45) is 7.48. The number of imide groups is 1. The van der Waals surface area contributed by atoms with Gasteiger partial charge in [0.15, 0.2) is 5.70 Å². The summed E-state index contributed by atoms with van der Waals surface area (Å²) in [4.78, 5) is 32.5. The molecule has 100 valence electrons. The first-order valence-electron chi connectivity index (χ1n) is 5.70. The molecule has 0 aromatic carbocycles. The maximum absolute atomic E-state index is 12.3. The summed E-state index contributed by atoms with van der Waals surface area (Å²) in [5.41, 5.74) is -0.233. The largest absolute Gasteiger partial charge is 0.866 e. The Hall–Kier alpha value is -3.03. The number of carbonyl (C=O) groups excluding carboxylic acids is 2. The van der Waals surface area contributed by atoms with Gasteiger partial charge >= 0.3 is 5.91 Å². The highest BCUT2D eigenvalue weighted by Crippen LogP contribution is 2.24. The first kappa shape index (κ1) is 12.0. The highest BCUT2D eigenvalue weighted by Gasteiger charge is 2.40. The van der Waals surface area contributed by atoms with E-state index >= 15 is 0 Å². The van der Waals surface area contributed by atoms with Gasteiger partial charge in [-0.2, -0.15) is 4.57 Å². The van der Waals surface area contributed by atoms with Gasteiger partial charge in [0, 0.05) is 18.2 Å². The Kier molecular flexibility index (Phi) is 2.56. The van der Waals surface area contributed by atoms with Crippen LogP contribution >= 0.6 is 0 Å². The summed E-state index contributed by atoms with van der Waals surface area (Å²) in [6.45, 7) is 0. The second-order valence-electron chi connectivity index (χ2n) is 4.16. The molecule has 0 bridgehead atoms. The van der Waals surface area contributed by atoms with Crippen LogP contribution in [-0.2, 0) is 16.6 Å². The van der Waals surface area contributed by atoms with Gasteiger partial charge in [0.05, 0.1) is 7.05 Å². The summed E-state index contributed by atoms with van der Waals surface area (Å²) < 4.78 is 2.96. The molecule has 1 aliphatic heterocycles. The van der Waals surface area contributed by atoms with E-state index in [2.05, 4.69) is 9.97 Å². The summed E-state index contributed by atoms with van der Waals surface area (Å²) in [7, 11) is 1.74. The molecule has 0 N–H and O–H groups in total. The van der Waals surface area contributed by atoms with Crippen molar-refractivity contribution in [2.24, 2.45) is 7.05 Å². The number of aryl methyl sites for hydroxylation is 1. The predicted octanol–water partition coefficient (Wildman–Crippen LogP) is -1.80. The molecule has 2 aromatic heterocycles. The van der Waals surface area contributed by atoms with Gasteiger partial charge in [0.2, 0.25) is 12.3 Å². The van der Waals surface area contributed by atoms with Gasteiger partial charge in [-0.1, -0.05) is 0 Å². The lowest BCUT2D eigenvalue weighted by Gasteiger charge is -2.12. The first-order chi connectivity index (χ1) is 9.59. The van der Waals surface area contributed by atoms with Crippen molar-refractivity contribution >= 4 is 23.5 Å². The smallest absolute Gasteiger partial charge is 0.307 e. The van der Waals surface area contributed by atoms with Crippen molar-refractivity contribution in [1.29, 1.82) is 0 Å². The molecule has 8 nitrogen and oxygen atoms in total. The van der Waals surface area contributed by atoms with Gasteiger partial charge < -0.3 is 5.11 Å². The van der Waals surface area contributed by atoms with Crippen LogP contribution in [0.2, 0.25) is 0 Å². The average molecular weight is 271 g/mol. The van der Waals surface area contributed by atoms with Crippen LogP contribution in [0.5, 0.6) is 0 Å². The third-order valence-corrected chi connectivity index (χ3v) is 2.80. The molecule has 3 rings (SSSR count). The molecule has 0 saturated heterocycles. The number of rotatable bonds is 2. The lowest BCUT2D eigenvalue weighted by atomic mass is 10.4. The number of amides is 2. The Morgan fingerprint density at radius 3 is 2.50 bits per heavy atom. The molecule has 20 heavy (non-hydrogen) atoms. The van der Waals surface area contributed by atoms with Crippen LogP contribution in [0, 0.1) is 0 Å². The first-order valence-corrected chi connectivity index (χ1v) is 5.70. The van der Waals surface area contributed by atoms with E-state index in [4.69, 9.17) is 0 Å². The molecular weight excluding hydrogens is 262 g/mol. The van der Waals surface area contributed by atoms with E-state index in [0.29, 0.717) is 4.90 Å². The molecule has 2 aromatic rings. The predicted molar refractivity (Wildman–Crippen MR) is 63.3 cm³/mol. The minimum atomic E-state index is -0.951. The fourth-order valence-electron chi connectivity index (χ4n) is 1.90. The minimum Gasteiger partial charge on any atom is -0.866 e. The van der Waals surface area contributed by atoms with Crippen LogP contribution in [0.3, 0.4) is 0 Å². The van der Waals surface area contributed by atoms with E-state index in [0.717, 1.165) is 0 Å². The third kappa shape index (κ3) is 1.66. The fourth-order valence-corrected chi connectivity index (χ4v) is 1.90.